The highest BCUT2D eigenvalue weighted by Crippen LogP contribution is 2.16. The van der Waals surface area contributed by atoms with Crippen molar-refractivity contribution < 1.29 is 21.6 Å². The first kappa shape index (κ1) is 15.3. The van der Waals surface area contributed by atoms with E-state index in [4.69, 9.17) is 0 Å². The first-order valence-corrected chi connectivity index (χ1v) is 7.70. The lowest BCUT2D eigenvalue weighted by molar-refractivity contribution is 0.445. The molecule has 21 heavy (non-hydrogen) atoms. The average molecular weight is 316 g/mol. The Bertz CT molecular complexity index is 738. The summed E-state index contributed by atoms with van der Waals surface area (Å²) in [6, 6.07) is 4.54. The van der Waals surface area contributed by atoms with Gasteiger partial charge in [-0.05, 0) is 29.8 Å². The smallest absolute Gasteiger partial charge is 0.194 e. The van der Waals surface area contributed by atoms with Crippen LogP contribution < -0.4 is 5.32 Å². The summed E-state index contributed by atoms with van der Waals surface area (Å²) in [4.78, 5) is 3.75. The number of rotatable bonds is 4. The van der Waals surface area contributed by atoms with Crippen molar-refractivity contribution in [1.29, 1.82) is 0 Å². The second kappa shape index (κ2) is 5.72. The standard InChI is InChI=1S/C13H11F3N2O2S/c1-21(19,20)12-3-2-9(7-18-12)17-6-8-4-10(14)13(16)11(15)5-8/h2-5,7,17H,6H2,1H3. The van der Waals surface area contributed by atoms with Gasteiger partial charge in [0.05, 0.1) is 11.9 Å². The van der Waals surface area contributed by atoms with Crippen LogP contribution in [0.4, 0.5) is 18.9 Å². The van der Waals surface area contributed by atoms with Crippen molar-refractivity contribution in [1.82, 2.24) is 4.98 Å². The Hall–Kier alpha value is -2.09. The molecule has 112 valence electrons. The van der Waals surface area contributed by atoms with Crippen LogP contribution in [0, 0.1) is 17.5 Å². The second-order valence-electron chi connectivity index (χ2n) is 4.38. The maximum absolute atomic E-state index is 13.0. The SMILES string of the molecule is CS(=O)(=O)c1ccc(NCc2cc(F)c(F)c(F)c2)cn1. The van der Waals surface area contributed by atoms with Crippen molar-refractivity contribution in [3.63, 3.8) is 0 Å². The predicted molar refractivity (Wildman–Crippen MR) is 71.0 cm³/mol. The van der Waals surface area contributed by atoms with Crippen LogP contribution >= 0.6 is 0 Å². The van der Waals surface area contributed by atoms with Gasteiger partial charge >= 0.3 is 0 Å². The molecule has 1 N–H and O–H groups in total. The third-order valence-electron chi connectivity index (χ3n) is 2.66. The Morgan fingerprint density at radius 2 is 1.76 bits per heavy atom. The van der Waals surface area contributed by atoms with E-state index in [9.17, 15) is 21.6 Å². The Balaban J connectivity index is 2.10. The van der Waals surface area contributed by atoms with Gasteiger partial charge in [0, 0.05) is 12.8 Å². The minimum Gasteiger partial charge on any atom is -0.380 e. The number of pyridine rings is 1. The largest absolute Gasteiger partial charge is 0.380 e. The summed E-state index contributed by atoms with van der Waals surface area (Å²) < 4.78 is 61.3. The zero-order valence-electron chi connectivity index (χ0n) is 10.9. The molecule has 0 saturated carbocycles. The molecule has 1 aromatic carbocycles. The molecular weight excluding hydrogens is 305 g/mol. The quantitative estimate of drug-likeness (QED) is 0.881. The molecule has 0 unspecified atom stereocenters. The molecule has 8 heteroatoms. The number of hydrogen-bond donors (Lipinski definition) is 1. The minimum absolute atomic E-state index is 0.0357. The number of halogens is 3. The van der Waals surface area contributed by atoms with Gasteiger partial charge in [-0.1, -0.05) is 0 Å². The number of benzene rings is 1. The van der Waals surface area contributed by atoms with Gasteiger partial charge in [-0.25, -0.2) is 26.6 Å². The summed E-state index contributed by atoms with van der Waals surface area (Å²) >= 11 is 0. The predicted octanol–water partition coefficient (Wildman–Crippen LogP) is 2.51. The molecule has 1 aromatic heterocycles. The fourth-order valence-electron chi connectivity index (χ4n) is 1.62. The summed E-state index contributed by atoms with van der Waals surface area (Å²) in [6.45, 7) is 0.0357. The van der Waals surface area contributed by atoms with E-state index in [1.165, 1.54) is 18.3 Å². The van der Waals surface area contributed by atoms with E-state index in [2.05, 4.69) is 10.3 Å². The highest BCUT2D eigenvalue weighted by molar-refractivity contribution is 7.90. The van der Waals surface area contributed by atoms with E-state index in [0.29, 0.717) is 5.69 Å². The first-order valence-electron chi connectivity index (χ1n) is 5.81. The van der Waals surface area contributed by atoms with Crippen molar-refractivity contribution >= 4 is 15.5 Å². The van der Waals surface area contributed by atoms with Crippen LogP contribution in [0.2, 0.25) is 0 Å². The Morgan fingerprint density at radius 3 is 2.24 bits per heavy atom. The molecule has 0 aliphatic rings. The summed E-state index contributed by atoms with van der Waals surface area (Å²) in [5.41, 5.74) is 0.672. The molecule has 0 atom stereocenters. The molecule has 0 spiro atoms. The van der Waals surface area contributed by atoms with Crippen molar-refractivity contribution in [2.75, 3.05) is 11.6 Å². The molecule has 0 radical (unpaired) electrons. The molecule has 0 amide bonds. The molecule has 2 aromatic rings. The Morgan fingerprint density at radius 1 is 1.14 bits per heavy atom. The minimum atomic E-state index is -3.38. The van der Waals surface area contributed by atoms with Gasteiger partial charge in [-0.15, -0.1) is 0 Å². The van der Waals surface area contributed by atoms with Gasteiger partial charge in [0.1, 0.15) is 0 Å². The molecule has 0 bridgehead atoms. The van der Waals surface area contributed by atoms with E-state index < -0.39 is 27.3 Å². The van der Waals surface area contributed by atoms with Gasteiger partial charge < -0.3 is 5.32 Å². The van der Waals surface area contributed by atoms with Crippen molar-refractivity contribution in [2.45, 2.75) is 11.6 Å². The lowest BCUT2D eigenvalue weighted by Crippen LogP contribution is -2.04. The summed E-state index contributed by atoms with van der Waals surface area (Å²) in [5, 5.41) is 2.72. The molecule has 0 fully saturated rings. The molecule has 0 aliphatic heterocycles. The number of hydrogen-bond acceptors (Lipinski definition) is 4. The second-order valence-corrected chi connectivity index (χ2v) is 6.35. The Labute approximate surface area is 119 Å². The third-order valence-corrected chi connectivity index (χ3v) is 3.66. The number of anilines is 1. The lowest BCUT2D eigenvalue weighted by Gasteiger charge is -2.07. The maximum atomic E-state index is 13.0. The van der Waals surface area contributed by atoms with Crippen LogP contribution in [0.5, 0.6) is 0 Å². The monoisotopic (exact) mass is 316 g/mol. The number of nitrogens with one attached hydrogen (secondary N) is 1. The highest BCUT2D eigenvalue weighted by Gasteiger charge is 2.11. The fraction of sp³-hybridized carbons (Fsp3) is 0.154. The van der Waals surface area contributed by atoms with Crippen molar-refractivity contribution in [3.05, 3.63) is 53.5 Å². The van der Waals surface area contributed by atoms with E-state index in [1.807, 2.05) is 0 Å². The summed E-state index contributed by atoms with van der Waals surface area (Å²) in [6.07, 6.45) is 2.32. The molecule has 1 heterocycles. The van der Waals surface area contributed by atoms with E-state index in [0.717, 1.165) is 18.4 Å². The topological polar surface area (TPSA) is 59.1 Å². The molecule has 4 nitrogen and oxygen atoms in total. The van der Waals surface area contributed by atoms with Gasteiger partial charge in [0.15, 0.2) is 32.3 Å². The van der Waals surface area contributed by atoms with Gasteiger partial charge in [-0.2, -0.15) is 0 Å². The molecular formula is C13H11F3N2O2S. The van der Waals surface area contributed by atoms with Crippen LogP contribution in [0.3, 0.4) is 0 Å². The van der Waals surface area contributed by atoms with Crippen molar-refractivity contribution in [2.24, 2.45) is 0 Å². The molecule has 0 aliphatic carbocycles. The van der Waals surface area contributed by atoms with E-state index >= 15 is 0 Å². The molecule has 0 saturated heterocycles. The van der Waals surface area contributed by atoms with E-state index in [1.54, 1.807) is 0 Å². The van der Waals surface area contributed by atoms with Gasteiger partial charge in [0.25, 0.3) is 0 Å². The first-order chi connectivity index (χ1) is 9.77. The van der Waals surface area contributed by atoms with Crippen LogP contribution in [0.1, 0.15) is 5.56 Å². The van der Waals surface area contributed by atoms with Crippen LogP contribution in [-0.2, 0) is 16.4 Å². The third kappa shape index (κ3) is 3.72. The lowest BCUT2D eigenvalue weighted by atomic mass is 10.2. The van der Waals surface area contributed by atoms with Crippen molar-refractivity contribution in [3.8, 4) is 0 Å². The number of nitrogens with zero attached hydrogens (tertiary/aromatic N) is 1. The normalized spacial score (nSPS) is 11.4. The zero-order chi connectivity index (χ0) is 15.6. The summed E-state index contributed by atoms with van der Waals surface area (Å²) in [7, 11) is -3.38. The number of sulfone groups is 1. The van der Waals surface area contributed by atoms with Gasteiger partial charge in [-0.3, -0.25) is 0 Å². The van der Waals surface area contributed by atoms with E-state index in [-0.39, 0.29) is 17.1 Å². The van der Waals surface area contributed by atoms with Gasteiger partial charge in [0.2, 0.25) is 0 Å². The zero-order valence-corrected chi connectivity index (χ0v) is 11.7. The molecule has 2 rings (SSSR count). The average Bonchev–Trinajstić information content (AvgIpc) is 2.42. The summed E-state index contributed by atoms with van der Waals surface area (Å²) in [5.74, 6) is -4.05. The van der Waals surface area contributed by atoms with Crippen LogP contribution in [-0.4, -0.2) is 19.7 Å². The fourth-order valence-corrected chi connectivity index (χ4v) is 2.18. The maximum Gasteiger partial charge on any atom is 0.194 e. The number of aromatic nitrogens is 1. The van der Waals surface area contributed by atoms with Crippen LogP contribution in [0.25, 0.3) is 0 Å². The highest BCUT2D eigenvalue weighted by atomic mass is 32.2. The Kier molecular flexibility index (Phi) is 4.17. The van der Waals surface area contributed by atoms with Crippen LogP contribution in [0.15, 0.2) is 35.5 Å².